The smallest absolute Gasteiger partial charge is 0.0893 e. The van der Waals surface area contributed by atoms with E-state index in [9.17, 15) is 0 Å². The molecule has 0 spiro atoms. The van der Waals surface area contributed by atoms with Gasteiger partial charge in [-0.25, -0.2) is 9.97 Å². The largest absolute Gasteiger partial charge is 0.248 e. The Bertz CT molecular complexity index is 901. The summed E-state index contributed by atoms with van der Waals surface area (Å²) in [6.45, 7) is 13.3. The highest BCUT2D eigenvalue weighted by Crippen LogP contribution is 2.48. The molecule has 0 saturated heterocycles. The number of rotatable bonds is 0. The molecule has 0 unspecified atom stereocenters. The maximum absolute atomic E-state index is 5.10. The average Bonchev–Trinajstić information content (AvgIpc) is 2.54. The maximum Gasteiger partial charge on any atom is 0.0893 e. The standard InChI is InChI=1S/C22H24N2/c1-13-11-17-18(12-14(13)2)24-20-19(23-17)21(3,4)15-9-7-8-10-16(15)22(20,5)6/h7-12H,1-6H3. The summed E-state index contributed by atoms with van der Waals surface area (Å²) in [7, 11) is 0. The molecule has 2 aromatic carbocycles. The zero-order valence-corrected chi connectivity index (χ0v) is 15.4. The van der Waals surface area contributed by atoms with Gasteiger partial charge in [0.1, 0.15) is 0 Å². The fourth-order valence-electron chi connectivity index (χ4n) is 4.01. The highest BCUT2D eigenvalue weighted by Gasteiger charge is 2.43. The number of aryl methyl sites for hydroxylation is 2. The monoisotopic (exact) mass is 316 g/mol. The van der Waals surface area contributed by atoms with E-state index < -0.39 is 0 Å². The van der Waals surface area contributed by atoms with E-state index in [2.05, 4.69) is 77.9 Å². The minimum atomic E-state index is -0.137. The second-order valence-corrected chi connectivity index (χ2v) is 8.14. The van der Waals surface area contributed by atoms with E-state index in [1.54, 1.807) is 0 Å². The van der Waals surface area contributed by atoms with Crippen LogP contribution >= 0.6 is 0 Å². The highest BCUT2D eigenvalue weighted by atomic mass is 14.9. The van der Waals surface area contributed by atoms with Crippen molar-refractivity contribution in [2.45, 2.75) is 52.4 Å². The van der Waals surface area contributed by atoms with Gasteiger partial charge in [-0.1, -0.05) is 52.0 Å². The van der Waals surface area contributed by atoms with Gasteiger partial charge < -0.3 is 0 Å². The molecular formula is C22H24N2. The summed E-state index contributed by atoms with van der Waals surface area (Å²) >= 11 is 0. The SMILES string of the molecule is Cc1cc2nc3c(nc2cc1C)C(C)(C)c1ccccc1C3(C)C. The second-order valence-electron chi connectivity index (χ2n) is 8.14. The van der Waals surface area contributed by atoms with Gasteiger partial charge in [0.05, 0.1) is 22.4 Å². The van der Waals surface area contributed by atoms with Gasteiger partial charge in [-0.3, -0.25) is 0 Å². The Kier molecular flexibility index (Phi) is 2.97. The second kappa shape index (κ2) is 4.66. The minimum absolute atomic E-state index is 0.137. The molecule has 4 rings (SSSR count). The molecule has 1 heterocycles. The van der Waals surface area contributed by atoms with Crippen molar-refractivity contribution in [2.24, 2.45) is 0 Å². The molecule has 1 aliphatic rings. The molecule has 0 saturated carbocycles. The topological polar surface area (TPSA) is 25.8 Å². The number of hydrogen-bond acceptors (Lipinski definition) is 2. The van der Waals surface area contributed by atoms with Crippen LogP contribution in [0.15, 0.2) is 36.4 Å². The molecule has 0 radical (unpaired) electrons. The van der Waals surface area contributed by atoms with Crippen LogP contribution in [0.1, 0.15) is 61.3 Å². The van der Waals surface area contributed by atoms with Crippen molar-refractivity contribution in [3.05, 3.63) is 70.0 Å². The first-order chi connectivity index (χ1) is 11.2. The predicted molar refractivity (Wildman–Crippen MR) is 99.7 cm³/mol. The number of nitrogens with zero attached hydrogens (tertiary/aromatic N) is 2. The molecule has 0 N–H and O–H groups in total. The summed E-state index contributed by atoms with van der Waals surface area (Å²) in [4.78, 5) is 10.2. The molecule has 2 nitrogen and oxygen atoms in total. The molecular weight excluding hydrogens is 292 g/mol. The maximum atomic E-state index is 5.10. The van der Waals surface area contributed by atoms with E-state index >= 15 is 0 Å². The van der Waals surface area contributed by atoms with Crippen LogP contribution in [0.25, 0.3) is 11.0 Å². The van der Waals surface area contributed by atoms with Crippen LogP contribution in [0.2, 0.25) is 0 Å². The molecule has 0 atom stereocenters. The average molecular weight is 316 g/mol. The first-order valence-electron chi connectivity index (χ1n) is 8.63. The molecule has 3 aromatic rings. The molecule has 1 aromatic heterocycles. The lowest BCUT2D eigenvalue weighted by Crippen LogP contribution is -2.38. The van der Waals surface area contributed by atoms with E-state index in [-0.39, 0.29) is 10.8 Å². The zero-order valence-electron chi connectivity index (χ0n) is 15.4. The molecule has 0 aliphatic heterocycles. The summed E-state index contributed by atoms with van der Waals surface area (Å²) in [6.07, 6.45) is 0. The van der Waals surface area contributed by atoms with E-state index in [0.717, 1.165) is 22.4 Å². The van der Waals surface area contributed by atoms with Crippen LogP contribution in [0.5, 0.6) is 0 Å². The van der Waals surface area contributed by atoms with Gasteiger partial charge in [0.2, 0.25) is 0 Å². The Labute approximate surface area is 144 Å². The van der Waals surface area contributed by atoms with Crippen molar-refractivity contribution in [1.82, 2.24) is 9.97 Å². The Hall–Kier alpha value is -2.22. The Morgan fingerprint density at radius 3 is 1.42 bits per heavy atom. The zero-order chi connectivity index (χ0) is 17.3. The lowest BCUT2D eigenvalue weighted by Gasteiger charge is -2.41. The van der Waals surface area contributed by atoms with E-state index in [1.165, 1.54) is 22.3 Å². The van der Waals surface area contributed by atoms with Crippen LogP contribution in [-0.4, -0.2) is 9.97 Å². The summed E-state index contributed by atoms with van der Waals surface area (Å²) < 4.78 is 0. The number of aromatic nitrogens is 2. The molecule has 24 heavy (non-hydrogen) atoms. The summed E-state index contributed by atoms with van der Waals surface area (Å²) in [5, 5.41) is 0. The lowest BCUT2D eigenvalue weighted by atomic mass is 9.63. The van der Waals surface area contributed by atoms with Gasteiger partial charge in [0.15, 0.2) is 0 Å². The summed E-state index contributed by atoms with van der Waals surface area (Å²) in [5.74, 6) is 0. The third kappa shape index (κ3) is 1.89. The third-order valence-corrected chi connectivity index (χ3v) is 5.74. The first-order valence-corrected chi connectivity index (χ1v) is 8.63. The van der Waals surface area contributed by atoms with Crippen LogP contribution < -0.4 is 0 Å². The van der Waals surface area contributed by atoms with Crippen LogP contribution in [0, 0.1) is 13.8 Å². The molecule has 122 valence electrons. The van der Waals surface area contributed by atoms with Gasteiger partial charge in [-0.05, 0) is 48.2 Å². The minimum Gasteiger partial charge on any atom is -0.248 e. The first kappa shape index (κ1) is 15.3. The quantitative estimate of drug-likeness (QED) is 0.569. The van der Waals surface area contributed by atoms with Crippen molar-refractivity contribution in [1.29, 1.82) is 0 Å². The lowest BCUT2D eigenvalue weighted by molar-refractivity contribution is 0.494. The Morgan fingerprint density at radius 1 is 0.667 bits per heavy atom. The Balaban J connectivity index is 2.12. The molecule has 0 bridgehead atoms. The van der Waals surface area contributed by atoms with Crippen molar-refractivity contribution in [3.8, 4) is 0 Å². The van der Waals surface area contributed by atoms with Gasteiger partial charge in [-0.15, -0.1) is 0 Å². The van der Waals surface area contributed by atoms with Crippen LogP contribution in [-0.2, 0) is 10.8 Å². The van der Waals surface area contributed by atoms with Crippen molar-refractivity contribution < 1.29 is 0 Å². The highest BCUT2D eigenvalue weighted by molar-refractivity contribution is 5.78. The fourth-order valence-corrected chi connectivity index (χ4v) is 4.01. The molecule has 2 heteroatoms. The van der Waals surface area contributed by atoms with Crippen molar-refractivity contribution in [3.63, 3.8) is 0 Å². The van der Waals surface area contributed by atoms with E-state index in [4.69, 9.17) is 9.97 Å². The molecule has 0 amide bonds. The summed E-state index contributed by atoms with van der Waals surface area (Å²) in [5.41, 5.74) is 9.21. The van der Waals surface area contributed by atoms with Gasteiger partial charge in [-0.2, -0.15) is 0 Å². The van der Waals surface area contributed by atoms with Gasteiger partial charge in [0.25, 0.3) is 0 Å². The fraction of sp³-hybridized carbons (Fsp3) is 0.364. The van der Waals surface area contributed by atoms with Gasteiger partial charge in [0, 0.05) is 10.8 Å². The third-order valence-electron chi connectivity index (χ3n) is 5.74. The number of benzene rings is 2. The predicted octanol–water partition coefficient (Wildman–Crippen LogP) is 5.21. The number of hydrogen-bond donors (Lipinski definition) is 0. The van der Waals surface area contributed by atoms with Crippen molar-refractivity contribution >= 4 is 11.0 Å². The van der Waals surface area contributed by atoms with Crippen LogP contribution in [0.3, 0.4) is 0 Å². The van der Waals surface area contributed by atoms with Crippen molar-refractivity contribution in [2.75, 3.05) is 0 Å². The van der Waals surface area contributed by atoms with E-state index in [0.29, 0.717) is 0 Å². The van der Waals surface area contributed by atoms with Crippen LogP contribution in [0.4, 0.5) is 0 Å². The Morgan fingerprint density at radius 2 is 1.04 bits per heavy atom. The molecule has 0 fully saturated rings. The normalized spacial score (nSPS) is 17.4. The molecule has 1 aliphatic carbocycles. The number of fused-ring (bicyclic) bond motifs is 3. The van der Waals surface area contributed by atoms with Gasteiger partial charge >= 0.3 is 0 Å². The van der Waals surface area contributed by atoms with E-state index in [1.807, 2.05) is 0 Å². The summed E-state index contributed by atoms with van der Waals surface area (Å²) in [6, 6.07) is 13.1.